The number of aromatic nitrogens is 1. The second-order valence-corrected chi connectivity index (χ2v) is 3.63. The lowest BCUT2D eigenvalue weighted by molar-refractivity contribution is 0.0695. The van der Waals surface area contributed by atoms with Gasteiger partial charge in [0.15, 0.2) is 0 Å². The van der Waals surface area contributed by atoms with Crippen molar-refractivity contribution in [3.63, 3.8) is 0 Å². The van der Waals surface area contributed by atoms with Crippen LogP contribution in [-0.2, 0) is 0 Å². The maximum Gasteiger partial charge on any atom is 0.337 e. The fourth-order valence-corrected chi connectivity index (χ4v) is 1.37. The van der Waals surface area contributed by atoms with E-state index in [0.717, 1.165) is 0 Å². The lowest BCUT2D eigenvalue weighted by Crippen LogP contribution is -2.07. The molecule has 4 nitrogen and oxygen atoms in total. The van der Waals surface area contributed by atoms with Gasteiger partial charge in [-0.1, -0.05) is 13.8 Å². The number of nitriles is 1. The Bertz CT molecular complexity index is 445. The second-order valence-electron chi connectivity index (χ2n) is 3.63. The Morgan fingerprint density at radius 3 is 2.60 bits per heavy atom. The highest BCUT2D eigenvalue weighted by atomic mass is 16.4. The molecule has 1 aromatic heterocycles. The Morgan fingerprint density at radius 2 is 2.20 bits per heavy atom. The molecule has 1 rings (SSSR count). The first-order valence-electron chi connectivity index (χ1n) is 4.62. The molecule has 0 bridgehead atoms. The highest BCUT2D eigenvalue weighted by Crippen LogP contribution is 2.19. The van der Waals surface area contributed by atoms with E-state index < -0.39 is 5.97 Å². The van der Waals surface area contributed by atoms with Gasteiger partial charge >= 0.3 is 5.97 Å². The Hall–Kier alpha value is -1.89. The summed E-state index contributed by atoms with van der Waals surface area (Å²) in [5.41, 5.74) is 1.54. The molecule has 0 fully saturated rings. The van der Waals surface area contributed by atoms with Gasteiger partial charge in [0, 0.05) is 0 Å². The van der Waals surface area contributed by atoms with Crippen LogP contribution in [0.3, 0.4) is 0 Å². The van der Waals surface area contributed by atoms with Crippen molar-refractivity contribution < 1.29 is 9.90 Å². The average Bonchev–Trinajstić information content (AvgIpc) is 2.16. The summed E-state index contributed by atoms with van der Waals surface area (Å²) in [5.74, 6) is -0.937. The average molecular weight is 204 g/mol. The van der Waals surface area contributed by atoms with E-state index >= 15 is 0 Å². The smallest absolute Gasteiger partial charge is 0.337 e. The summed E-state index contributed by atoms with van der Waals surface area (Å²) in [7, 11) is 0. The SMILES string of the molecule is Cc1nc(C(C)C)c(C#N)cc1C(=O)O. The standard InChI is InChI=1S/C11H12N2O2/c1-6(2)10-8(5-12)4-9(11(14)15)7(3)13-10/h4,6H,1-3H3,(H,14,15). The zero-order valence-corrected chi connectivity index (χ0v) is 8.90. The first-order chi connectivity index (χ1) is 6.97. The number of carboxylic acid groups (broad SMARTS) is 1. The number of hydrogen-bond acceptors (Lipinski definition) is 3. The van der Waals surface area contributed by atoms with Gasteiger partial charge in [-0.2, -0.15) is 5.26 Å². The predicted octanol–water partition coefficient (Wildman–Crippen LogP) is 2.08. The van der Waals surface area contributed by atoms with Crippen molar-refractivity contribution in [2.75, 3.05) is 0 Å². The maximum atomic E-state index is 10.8. The van der Waals surface area contributed by atoms with Crippen LogP contribution in [0, 0.1) is 18.3 Å². The van der Waals surface area contributed by atoms with Crippen molar-refractivity contribution in [2.45, 2.75) is 26.7 Å². The normalized spacial score (nSPS) is 10.1. The van der Waals surface area contributed by atoms with Gasteiger partial charge in [-0.3, -0.25) is 4.98 Å². The molecule has 0 aromatic carbocycles. The summed E-state index contributed by atoms with van der Waals surface area (Å²) in [6, 6.07) is 3.36. The summed E-state index contributed by atoms with van der Waals surface area (Å²) in [4.78, 5) is 15.0. The molecule has 0 aliphatic carbocycles. The summed E-state index contributed by atoms with van der Waals surface area (Å²) in [5, 5.41) is 17.7. The van der Waals surface area contributed by atoms with Gasteiger partial charge in [-0.15, -0.1) is 0 Å². The summed E-state index contributed by atoms with van der Waals surface area (Å²) in [6.07, 6.45) is 0. The minimum atomic E-state index is -1.05. The lowest BCUT2D eigenvalue weighted by Gasteiger charge is -2.09. The molecule has 0 saturated carbocycles. The van der Waals surface area contributed by atoms with Gasteiger partial charge < -0.3 is 5.11 Å². The van der Waals surface area contributed by atoms with Crippen molar-refractivity contribution in [1.82, 2.24) is 4.98 Å². The maximum absolute atomic E-state index is 10.8. The van der Waals surface area contributed by atoms with E-state index in [1.54, 1.807) is 6.92 Å². The molecule has 0 amide bonds. The van der Waals surface area contributed by atoms with Gasteiger partial charge in [-0.25, -0.2) is 4.79 Å². The quantitative estimate of drug-likeness (QED) is 0.800. The Kier molecular flexibility index (Phi) is 3.05. The van der Waals surface area contributed by atoms with Gasteiger partial charge in [0.2, 0.25) is 0 Å². The lowest BCUT2D eigenvalue weighted by atomic mass is 10.0. The number of rotatable bonds is 2. The molecule has 1 N–H and O–H groups in total. The molecule has 1 heterocycles. The molecule has 0 unspecified atom stereocenters. The number of pyridine rings is 1. The molecule has 1 aromatic rings. The zero-order chi connectivity index (χ0) is 11.6. The number of nitrogens with zero attached hydrogens (tertiary/aromatic N) is 2. The number of aromatic carboxylic acids is 1. The third-order valence-corrected chi connectivity index (χ3v) is 2.14. The van der Waals surface area contributed by atoms with Crippen LogP contribution in [0.15, 0.2) is 6.07 Å². The Balaban J connectivity index is 3.44. The summed E-state index contributed by atoms with van der Waals surface area (Å²) in [6.45, 7) is 5.47. The Labute approximate surface area is 88.2 Å². The van der Waals surface area contributed by atoms with Gasteiger partial charge in [0.25, 0.3) is 0 Å². The number of hydrogen-bond donors (Lipinski definition) is 1. The minimum Gasteiger partial charge on any atom is -0.478 e. The molecule has 0 aliphatic rings. The first-order valence-corrected chi connectivity index (χ1v) is 4.62. The number of carbonyl (C=O) groups is 1. The first kappa shape index (κ1) is 11.2. The predicted molar refractivity (Wildman–Crippen MR) is 54.7 cm³/mol. The van der Waals surface area contributed by atoms with E-state index in [9.17, 15) is 4.79 Å². The molecule has 0 radical (unpaired) electrons. The van der Waals surface area contributed by atoms with E-state index in [-0.39, 0.29) is 11.5 Å². The highest BCUT2D eigenvalue weighted by molar-refractivity contribution is 5.89. The molecule has 4 heteroatoms. The minimum absolute atomic E-state index is 0.0935. The zero-order valence-electron chi connectivity index (χ0n) is 8.90. The third-order valence-electron chi connectivity index (χ3n) is 2.14. The third kappa shape index (κ3) is 2.13. The fourth-order valence-electron chi connectivity index (χ4n) is 1.37. The number of aryl methyl sites for hydroxylation is 1. The highest BCUT2D eigenvalue weighted by Gasteiger charge is 2.15. The van der Waals surface area contributed by atoms with Crippen LogP contribution >= 0.6 is 0 Å². The molecule has 0 atom stereocenters. The van der Waals surface area contributed by atoms with E-state index in [0.29, 0.717) is 17.0 Å². The molecular formula is C11H12N2O2. The van der Waals surface area contributed by atoms with Crippen LogP contribution in [-0.4, -0.2) is 16.1 Å². The van der Waals surface area contributed by atoms with Gasteiger partial charge in [0.05, 0.1) is 22.5 Å². The van der Waals surface area contributed by atoms with Crippen molar-refractivity contribution in [1.29, 1.82) is 5.26 Å². The number of carboxylic acids is 1. The van der Waals surface area contributed by atoms with Gasteiger partial charge in [0.1, 0.15) is 6.07 Å². The van der Waals surface area contributed by atoms with Crippen LogP contribution in [0.2, 0.25) is 0 Å². The van der Waals surface area contributed by atoms with Crippen LogP contribution < -0.4 is 0 Å². The monoisotopic (exact) mass is 204 g/mol. The van der Waals surface area contributed by atoms with E-state index in [2.05, 4.69) is 4.98 Å². The molecular weight excluding hydrogens is 192 g/mol. The topological polar surface area (TPSA) is 74.0 Å². The van der Waals surface area contributed by atoms with E-state index in [1.165, 1.54) is 6.07 Å². The largest absolute Gasteiger partial charge is 0.478 e. The molecule has 0 saturated heterocycles. The van der Waals surface area contributed by atoms with E-state index in [4.69, 9.17) is 10.4 Å². The van der Waals surface area contributed by atoms with Crippen molar-refractivity contribution >= 4 is 5.97 Å². The molecule has 0 aliphatic heterocycles. The van der Waals surface area contributed by atoms with Crippen LogP contribution in [0.25, 0.3) is 0 Å². The summed E-state index contributed by atoms with van der Waals surface area (Å²) < 4.78 is 0. The van der Waals surface area contributed by atoms with Crippen molar-refractivity contribution in [3.05, 3.63) is 28.6 Å². The second kappa shape index (κ2) is 4.09. The van der Waals surface area contributed by atoms with E-state index in [1.807, 2.05) is 19.9 Å². The molecule has 78 valence electrons. The van der Waals surface area contributed by atoms with Crippen LogP contribution in [0.4, 0.5) is 0 Å². The van der Waals surface area contributed by atoms with Gasteiger partial charge in [-0.05, 0) is 18.9 Å². The van der Waals surface area contributed by atoms with Crippen molar-refractivity contribution in [2.24, 2.45) is 0 Å². The molecule has 15 heavy (non-hydrogen) atoms. The van der Waals surface area contributed by atoms with Crippen molar-refractivity contribution in [3.8, 4) is 6.07 Å². The fraction of sp³-hybridized carbons (Fsp3) is 0.364. The van der Waals surface area contributed by atoms with Crippen LogP contribution in [0.5, 0.6) is 0 Å². The van der Waals surface area contributed by atoms with Crippen LogP contribution in [0.1, 0.15) is 47.1 Å². The molecule has 0 spiro atoms. The Morgan fingerprint density at radius 1 is 1.60 bits per heavy atom. The summed E-state index contributed by atoms with van der Waals surface area (Å²) >= 11 is 0.